The van der Waals surface area contributed by atoms with E-state index in [0.717, 1.165) is 23.7 Å². The summed E-state index contributed by atoms with van der Waals surface area (Å²) < 4.78 is 0. The van der Waals surface area contributed by atoms with Crippen molar-refractivity contribution in [2.24, 2.45) is 23.7 Å². The van der Waals surface area contributed by atoms with Crippen LogP contribution in [0.2, 0.25) is 0 Å². The first-order valence-electron chi connectivity index (χ1n) is 11.3. The van der Waals surface area contributed by atoms with Gasteiger partial charge in [-0.3, -0.25) is 4.90 Å². The Morgan fingerprint density at radius 3 is 2.44 bits per heavy atom. The Morgan fingerprint density at radius 1 is 0.960 bits per heavy atom. The second kappa shape index (κ2) is 10.1. The highest BCUT2D eigenvalue weighted by atomic mass is 16.3. The normalized spacial score (nSPS) is 36.1. The van der Waals surface area contributed by atoms with Crippen LogP contribution in [0.1, 0.15) is 84.0 Å². The number of hydrogen-bond donors (Lipinski definition) is 1. The van der Waals surface area contributed by atoms with E-state index >= 15 is 0 Å². The number of nitrogens with zero attached hydrogens (tertiary/aromatic N) is 1. The summed E-state index contributed by atoms with van der Waals surface area (Å²) >= 11 is 0. The fraction of sp³-hybridized carbons (Fsp3) is 0.913. The third kappa shape index (κ3) is 5.57. The highest BCUT2D eigenvalue weighted by Gasteiger charge is 2.34. The van der Waals surface area contributed by atoms with E-state index in [1.807, 2.05) is 0 Å². The van der Waals surface area contributed by atoms with Crippen molar-refractivity contribution in [3.05, 3.63) is 12.2 Å². The Hall–Kier alpha value is -0.340. The Bertz CT molecular complexity index is 399. The molecule has 144 valence electrons. The van der Waals surface area contributed by atoms with Gasteiger partial charge in [0, 0.05) is 12.6 Å². The van der Waals surface area contributed by atoms with Gasteiger partial charge >= 0.3 is 0 Å². The standard InChI is InChI=1S/C23H41NO/c1-2-19-11-8-12-21(15-19)22-13-14-24(23(16-22)18-25)17-20-9-6-4-3-5-7-10-20/h8,12,19-23,25H,2-7,9-11,13-18H2,1H3. The Kier molecular flexibility index (Phi) is 7.86. The number of likely N-dealkylation sites (tertiary alicyclic amines) is 1. The average molecular weight is 348 g/mol. The molecule has 0 aromatic heterocycles. The number of allylic oxidation sites excluding steroid dienone is 2. The molecule has 1 heterocycles. The van der Waals surface area contributed by atoms with E-state index in [9.17, 15) is 5.11 Å². The zero-order valence-corrected chi connectivity index (χ0v) is 16.5. The Balaban J connectivity index is 1.52. The summed E-state index contributed by atoms with van der Waals surface area (Å²) in [5.74, 6) is 3.35. The maximum Gasteiger partial charge on any atom is 0.0586 e. The minimum atomic E-state index is 0.358. The maximum absolute atomic E-state index is 10.0. The van der Waals surface area contributed by atoms with Crippen LogP contribution in [-0.2, 0) is 0 Å². The molecule has 2 aliphatic carbocycles. The van der Waals surface area contributed by atoms with E-state index < -0.39 is 0 Å². The molecule has 0 radical (unpaired) electrons. The lowest BCUT2D eigenvalue weighted by Gasteiger charge is -2.43. The van der Waals surface area contributed by atoms with Gasteiger partial charge in [0.25, 0.3) is 0 Å². The fourth-order valence-electron chi connectivity index (χ4n) is 5.69. The van der Waals surface area contributed by atoms with E-state index in [1.54, 1.807) is 0 Å². The van der Waals surface area contributed by atoms with E-state index in [4.69, 9.17) is 0 Å². The lowest BCUT2D eigenvalue weighted by Crippen LogP contribution is -2.48. The molecule has 0 aromatic carbocycles. The molecule has 4 atom stereocenters. The third-order valence-electron chi connectivity index (χ3n) is 7.45. The summed E-state index contributed by atoms with van der Waals surface area (Å²) in [7, 11) is 0. The van der Waals surface area contributed by atoms with Crippen LogP contribution in [0.25, 0.3) is 0 Å². The van der Waals surface area contributed by atoms with Gasteiger partial charge in [-0.15, -0.1) is 0 Å². The van der Waals surface area contributed by atoms with E-state index in [1.165, 1.54) is 90.1 Å². The van der Waals surface area contributed by atoms with Crippen LogP contribution in [0.15, 0.2) is 12.2 Å². The summed E-state index contributed by atoms with van der Waals surface area (Å²) in [5, 5.41) is 10.0. The van der Waals surface area contributed by atoms with Crippen molar-refractivity contribution in [2.45, 2.75) is 90.0 Å². The highest BCUT2D eigenvalue weighted by molar-refractivity contribution is 5.00. The number of aliphatic hydroxyl groups excluding tert-OH is 1. The predicted molar refractivity (Wildman–Crippen MR) is 107 cm³/mol. The molecule has 4 unspecified atom stereocenters. The molecule has 3 rings (SSSR count). The van der Waals surface area contributed by atoms with Gasteiger partial charge in [-0.25, -0.2) is 0 Å². The molecule has 2 heteroatoms. The van der Waals surface area contributed by atoms with Gasteiger partial charge in [-0.2, -0.15) is 0 Å². The van der Waals surface area contributed by atoms with Crippen molar-refractivity contribution in [1.29, 1.82) is 0 Å². The lowest BCUT2D eigenvalue weighted by atomic mass is 9.73. The van der Waals surface area contributed by atoms with Crippen LogP contribution in [0.4, 0.5) is 0 Å². The number of aliphatic hydroxyl groups is 1. The molecule has 1 saturated heterocycles. The molecule has 0 aromatic rings. The topological polar surface area (TPSA) is 23.5 Å². The van der Waals surface area contributed by atoms with Gasteiger partial charge in [0.1, 0.15) is 0 Å². The van der Waals surface area contributed by atoms with Crippen molar-refractivity contribution in [3.8, 4) is 0 Å². The van der Waals surface area contributed by atoms with Crippen LogP contribution in [-0.4, -0.2) is 35.7 Å². The van der Waals surface area contributed by atoms with Gasteiger partial charge < -0.3 is 5.11 Å². The second-order valence-electron chi connectivity index (χ2n) is 9.16. The van der Waals surface area contributed by atoms with Gasteiger partial charge in [0.15, 0.2) is 0 Å². The van der Waals surface area contributed by atoms with Crippen LogP contribution in [0, 0.1) is 23.7 Å². The predicted octanol–water partition coefficient (Wildman–Crippen LogP) is 5.41. The van der Waals surface area contributed by atoms with Gasteiger partial charge in [0.05, 0.1) is 6.61 Å². The molecular formula is C23H41NO. The first kappa shape index (κ1) is 19.4. The molecule has 3 aliphatic rings. The maximum atomic E-state index is 10.0. The van der Waals surface area contributed by atoms with Gasteiger partial charge in [0.2, 0.25) is 0 Å². The largest absolute Gasteiger partial charge is 0.395 e. The molecule has 1 aliphatic heterocycles. The van der Waals surface area contributed by atoms with Crippen molar-refractivity contribution >= 4 is 0 Å². The molecule has 1 saturated carbocycles. The molecular weight excluding hydrogens is 306 g/mol. The minimum Gasteiger partial charge on any atom is -0.395 e. The van der Waals surface area contributed by atoms with E-state index in [2.05, 4.69) is 24.0 Å². The Labute approximate surface area is 156 Å². The molecule has 0 spiro atoms. The van der Waals surface area contributed by atoms with Gasteiger partial charge in [-0.1, -0.05) is 57.6 Å². The lowest BCUT2D eigenvalue weighted by molar-refractivity contribution is 0.0361. The summed E-state index contributed by atoms with van der Waals surface area (Å²) in [6.07, 6.45) is 21.5. The minimum absolute atomic E-state index is 0.358. The van der Waals surface area contributed by atoms with Crippen molar-refractivity contribution < 1.29 is 5.11 Å². The first-order valence-corrected chi connectivity index (χ1v) is 11.3. The average Bonchev–Trinajstić information content (AvgIpc) is 2.64. The monoisotopic (exact) mass is 347 g/mol. The fourth-order valence-corrected chi connectivity index (χ4v) is 5.69. The summed E-state index contributed by atoms with van der Waals surface area (Å²) in [5.41, 5.74) is 0. The molecule has 2 fully saturated rings. The number of rotatable bonds is 5. The molecule has 2 nitrogen and oxygen atoms in total. The Morgan fingerprint density at radius 2 is 1.72 bits per heavy atom. The smallest absolute Gasteiger partial charge is 0.0586 e. The third-order valence-corrected chi connectivity index (χ3v) is 7.45. The molecule has 25 heavy (non-hydrogen) atoms. The summed E-state index contributed by atoms with van der Waals surface area (Å²) in [6.45, 7) is 5.16. The van der Waals surface area contributed by atoms with Crippen LogP contribution in [0.3, 0.4) is 0 Å². The summed E-state index contributed by atoms with van der Waals surface area (Å²) in [6, 6.07) is 0.416. The number of hydrogen-bond acceptors (Lipinski definition) is 2. The molecule has 1 N–H and O–H groups in total. The SMILES string of the molecule is CCC1CC=CC(C2CCN(CC3CCCCCCC3)C(CO)C2)C1. The van der Waals surface area contributed by atoms with Crippen LogP contribution >= 0.6 is 0 Å². The van der Waals surface area contributed by atoms with E-state index in [0.29, 0.717) is 12.6 Å². The first-order chi connectivity index (χ1) is 12.3. The highest BCUT2D eigenvalue weighted by Crippen LogP contribution is 2.38. The molecule has 0 amide bonds. The van der Waals surface area contributed by atoms with Crippen molar-refractivity contribution in [1.82, 2.24) is 4.90 Å². The quantitative estimate of drug-likeness (QED) is 0.672. The molecule has 0 bridgehead atoms. The van der Waals surface area contributed by atoms with Crippen molar-refractivity contribution in [2.75, 3.05) is 19.7 Å². The van der Waals surface area contributed by atoms with Crippen LogP contribution in [0.5, 0.6) is 0 Å². The summed E-state index contributed by atoms with van der Waals surface area (Å²) in [4.78, 5) is 2.66. The zero-order valence-electron chi connectivity index (χ0n) is 16.5. The van der Waals surface area contributed by atoms with E-state index in [-0.39, 0.29) is 0 Å². The van der Waals surface area contributed by atoms with Gasteiger partial charge in [-0.05, 0) is 68.7 Å². The van der Waals surface area contributed by atoms with Crippen molar-refractivity contribution in [3.63, 3.8) is 0 Å². The zero-order chi connectivity index (χ0) is 17.5. The second-order valence-corrected chi connectivity index (χ2v) is 9.16. The number of piperidine rings is 1. The van der Waals surface area contributed by atoms with Crippen LogP contribution < -0.4 is 0 Å².